The summed E-state index contributed by atoms with van der Waals surface area (Å²) >= 11 is 6.68. The molecule has 3 rings (SSSR count). The maximum absolute atomic E-state index is 12.4. The molecular weight excluding hydrogens is 320 g/mol. The molecule has 0 radical (unpaired) electrons. The van der Waals surface area contributed by atoms with Gasteiger partial charge >= 0.3 is 0 Å². The van der Waals surface area contributed by atoms with Crippen molar-refractivity contribution in [1.82, 2.24) is 15.2 Å². The van der Waals surface area contributed by atoms with Gasteiger partial charge in [0.1, 0.15) is 0 Å². The van der Waals surface area contributed by atoms with Crippen LogP contribution in [0.1, 0.15) is 5.69 Å². The number of nitrogens with zero attached hydrogens (tertiary/aromatic N) is 2. The predicted molar refractivity (Wildman–Crippen MR) is 78.8 cm³/mol. The minimum Gasteiger partial charge on any atom is -0.278 e. The molecule has 2 heterocycles. The van der Waals surface area contributed by atoms with Crippen molar-refractivity contribution in [3.05, 3.63) is 34.6 Å². The minimum absolute atomic E-state index is 0.114. The molecule has 104 valence electrons. The van der Waals surface area contributed by atoms with Gasteiger partial charge in [0.15, 0.2) is 8.68 Å². The van der Waals surface area contributed by atoms with E-state index < -0.39 is 10.0 Å². The molecule has 0 aliphatic rings. The van der Waals surface area contributed by atoms with E-state index in [-0.39, 0.29) is 8.68 Å². The van der Waals surface area contributed by atoms with Crippen molar-refractivity contribution < 1.29 is 8.42 Å². The number of fused-ring (bicyclic) bond motifs is 1. The normalized spacial score (nSPS) is 11.9. The Bertz CT molecular complexity index is 885. The predicted octanol–water partition coefficient (Wildman–Crippen LogP) is 2.78. The van der Waals surface area contributed by atoms with Crippen LogP contribution in [0.25, 0.3) is 10.9 Å². The number of aryl methyl sites for hydroxylation is 1. The highest BCUT2D eigenvalue weighted by Gasteiger charge is 2.22. The monoisotopic (exact) mass is 328 g/mol. The van der Waals surface area contributed by atoms with Crippen molar-refractivity contribution >= 4 is 49.6 Å². The lowest BCUT2D eigenvalue weighted by Gasteiger charge is -2.07. The van der Waals surface area contributed by atoms with Gasteiger partial charge in [-0.1, -0.05) is 29.0 Å². The summed E-state index contributed by atoms with van der Waals surface area (Å²) in [7, 11) is -3.71. The van der Waals surface area contributed by atoms with E-state index in [2.05, 4.69) is 19.9 Å². The quantitative estimate of drug-likeness (QED) is 0.773. The van der Waals surface area contributed by atoms with E-state index in [9.17, 15) is 8.42 Å². The van der Waals surface area contributed by atoms with Gasteiger partial charge in [0, 0.05) is 5.39 Å². The molecule has 2 N–H and O–H groups in total. The average molecular weight is 329 g/mol. The number of thiazole rings is 1. The Labute approximate surface area is 123 Å². The Kier molecular flexibility index (Phi) is 3.15. The molecule has 0 bridgehead atoms. The number of anilines is 1. The van der Waals surface area contributed by atoms with Crippen LogP contribution < -0.4 is 4.72 Å². The second-order valence-corrected chi connectivity index (χ2v) is 7.54. The summed E-state index contributed by atoms with van der Waals surface area (Å²) in [5.74, 6) is 0. The van der Waals surface area contributed by atoms with Crippen LogP contribution in [-0.4, -0.2) is 23.6 Å². The van der Waals surface area contributed by atoms with E-state index in [1.807, 2.05) is 6.07 Å². The summed E-state index contributed by atoms with van der Waals surface area (Å²) < 4.78 is 27.6. The molecule has 0 aliphatic carbocycles. The first-order chi connectivity index (χ1) is 9.47. The molecule has 0 saturated heterocycles. The number of sulfonamides is 1. The van der Waals surface area contributed by atoms with Crippen molar-refractivity contribution in [3.63, 3.8) is 0 Å². The van der Waals surface area contributed by atoms with Gasteiger partial charge in [-0.05, 0) is 19.1 Å². The van der Waals surface area contributed by atoms with E-state index in [0.717, 1.165) is 16.9 Å². The lowest BCUT2D eigenvalue weighted by molar-refractivity contribution is 0.602. The molecule has 2 aromatic heterocycles. The largest absolute Gasteiger partial charge is 0.278 e. The molecule has 0 saturated carbocycles. The molecular formula is C11H9ClN4O2S2. The van der Waals surface area contributed by atoms with Gasteiger partial charge in [-0.3, -0.25) is 9.82 Å². The number of rotatable bonds is 3. The number of aromatic nitrogens is 3. The zero-order valence-electron chi connectivity index (χ0n) is 10.2. The highest BCUT2D eigenvalue weighted by Crippen LogP contribution is 2.30. The zero-order valence-corrected chi connectivity index (χ0v) is 12.6. The van der Waals surface area contributed by atoms with Gasteiger partial charge in [-0.25, -0.2) is 13.4 Å². The van der Waals surface area contributed by atoms with Crippen LogP contribution in [0.2, 0.25) is 4.47 Å². The van der Waals surface area contributed by atoms with Gasteiger partial charge in [-0.2, -0.15) is 5.10 Å². The molecule has 0 spiro atoms. The zero-order chi connectivity index (χ0) is 14.3. The highest BCUT2D eigenvalue weighted by atomic mass is 35.5. The Morgan fingerprint density at radius 3 is 2.90 bits per heavy atom. The fourth-order valence-corrected chi connectivity index (χ4v) is 4.67. The fourth-order valence-electron chi connectivity index (χ4n) is 1.85. The van der Waals surface area contributed by atoms with Crippen LogP contribution in [0.3, 0.4) is 0 Å². The number of benzene rings is 1. The molecule has 20 heavy (non-hydrogen) atoms. The fraction of sp³-hybridized carbons (Fsp3) is 0.0909. The summed E-state index contributed by atoms with van der Waals surface area (Å²) in [5.41, 5.74) is 1.59. The third-order valence-corrected chi connectivity index (χ3v) is 5.94. The first-order valence-corrected chi connectivity index (χ1v) is 8.23. The lowest BCUT2D eigenvalue weighted by atomic mass is 10.2. The van der Waals surface area contributed by atoms with Crippen LogP contribution in [0.15, 0.2) is 28.6 Å². The minimum atomic E-state index is -3.71. The number of halogens is 1. The molecule has 0 atom stereocenters. The first-order valence-electron chi connectivity index (χ1n) is 5.55. The second-order valence-electron chi connectivity index (χ2n) is 4.08. The van der Waals surface area contributed by atoms with E-state index in [1.165, 1.54) is 0 Å². The lowest BCUT2D eigenvalue weighted by Crippen LogP contribution is -2.12. The topological polar surface area (TPSA) is 87.7 Å². The Balaban J connectivity index is 2.06. The van der Waals surface area contributed by atoms with Crippen LogP contribution in [0.4, 0.5) is 5.69 Å². The summed E-state index contributed by atoms with van der Waals surface area (Å²) in [6.07, 6.45) is 1.57. The van der Waals surface area contributed by atoms with Crippen molar-refractivity contribution in [1.29, 1.82) is 0 Å². The Morgan fingerprint density at radius 1 is 1.40 bits per heavy atom. The molecule has 6 nitrogen and oxygen atoms in total. The molecule has 0 aliphatic heterocycles. The maximum atomic E-state index is 12.4. The SMILES string of the molecule is Cc1nc(Cl)sc1S(=O)(=O)Nc1cccc2[nH]ncc12. The average Bonchev–Trinajstić information content (AvgIpc) is 2.96. The van der Waals surface area contributed by atoms with Gasteiger partial charge < -0.3 is 0 Å². The number of nitrogens with one attached hydrogen (secondary N) is 2. The summed E-state index contributed by atoms with van der Waals surface area (Å²) in [6.45, 7) is 1.61. The number of aromatic amines is 1. The number of H-pyrrole nitrogens is 1. The number of hydrogen-bond donors (Lipinski definition) is 2. The molecule has 0 unspecified atom stereocenters. The molecule has 9 heteroatoms. The van der Waals surface area contributed by atoms with Crippen molar-refractivity contribution in [2.75, 3.05) is 4.72 Å². The van der Waals surface area contributed by atoms with Gasteiger partial charge in [0.25, 0.3) is 10.0 Å². The summed E-state index contributed by atoms with van der Waals surface area (Å²) in [4.78, 5) is 3.92. The van der Waals surface area contributed by atoms with Crippen LogP contribution in [0, 0.1) is 6.92 Å². The third kappa shape index (κ3) is 2.26. The van der Waals surface area contributed by atoms with Gasteiger partial charge in [0.2, 0.25) is 0 Å². The second kappa shape index (κ2) is 4.72. The van der Waals surface area contributed by atoms with E-state index in [0.29, 0.717) is 16.8 Å². The van der Waals surface area contributed by atoms with Crippen molar-refractivity contribution in [3.8, 4) is 0 Å². The Morgan fingerprint density at radius 2 is 2.20 bits per heavy atom. The van der Waals surface area contributed by atoms with Gasteiger partial charge in [-0.15, -0.1) is 0 Å². The summed E-state index contributed by atoms with van der Waals surface area (Å²) in [6, 6.07) is 5.23. The first kappa shape index (κ1) is 13.3. The molecule has 1 aromatic carbocycles. The van der Waals surface area contributed by atoms with Crippen LogP contribution in [-0.2, 0) is 10.0 Å². The maximum Gasteiger partial charge on any atom is 0.273 e. The number of hydrogen-bond acceptors (Lipinski definition) is 5. The Hall–Kier alpha value is -1.64. The highest BCUT2D eigenvalue weighted by molar-refractivity contribution is 7.94. The van der Waals surface area contributed by atoms with Crippen LogP contribution >= 0.6 is 22.9 Å². The molecule has 3 aromatic rings. The van der Waals surface area contributed by atoms with E-state index in [1.54, 1.807) is 25.3 Å². The standard InChI is InChI=1S/C11H9ClN4O2S2/c1-6-10(19-11(12)14-6)20(17,18)16-9-4-2-3-8-7(9)5-13-15-8/h2-5,16H,1H3,(H,13,15). The molecule has 0 amide bonds. The smallest absolute Gasteiger partial charge is 0.273 e. The van der Waals surface area contributed by atoms with Crippen molar-refractivity contribution in [2.24, 2.45) is 0 Å². The van der Waals surface area contributed by atoms with E-state index >= 15 is 0 Å². The van der Waals surface area contributed by atoms with Gasteiger partial charge in [0.05, 0.1) is 23.1 Å². The third-order valence-electron chi connectivity index (χ3n) is 2.70. The molecule has 0 fully saturated rings. The van der Waals surface area contributed by atoms with Crippen LogP contribution in [0.5, 0.6) is 0 Å². The summed E-state index contributed by atoms with van der Waals surface area (Å²) in [5, 5.41) is 7.38. The van der Waals surface area contributed by atoms with E-state index in [4.69, 9.17) is 11.6 Å². The van der Waals surface area contributed by atoms with Crippen molar-refractivity contribution in [2.45, 2.75) is 11.1 Å².